The molecule has 1 heterocycles. The molecule has 0 spiro atoms. The maximum absolute atomic E-state index is 12.3. The molecule has 2 aromatic rings. The molecular weight excluding hydrogens is 252 g/mol. The Morgan fingerprint density at radius 1 is 1.40 bits per heavy atom. The Morgan fingerprint density at radius 3 is 2.85 bits per heavy atom. The molecule has 4 heteroatoms. The van der Waals surface area contributed by atoms with Crippen molar-refractivity contribution in [1.82, 2.24) is 10.5 Å². The number of hydrogen-bond donors (Lipinski definition) is 1. The van der Waals surface area contributed by atoms with E-state index < -0.39 is 0 Å². The zero-order valence-corrected chi connectivity index (χ0v) is 11.7. The molecule has 1 amide bonds. The highest BCUT2D eigenvalue weighted by Gasteiger charge is 2.40. The predicted octanol–water partition coefficient (Wildman–Crippen LogP) is 2.83. The number of carbonyl (C=O) groups excluding carboxylic acids is 1. The molecule has 1 aliphatic rings. The lowest BCUT2D eigenvalue weighted by atomic mass is 10.1. The van der Waals surface area contributed by atoms with E-state index in [1.807, 2.05) is 25.1 Å². The SMILES string of the molecule is CCc1noc(C)c1C(=O)N[C@@H]1C[C@@H]1c1ccccc1. The Kier molecular flexibility index (Phi) is 3.30. The molecule has 1 aliphatic carbocycles. The molecular formula is C16H18N2O2. The van der Waals surface area contributed by atoms with Gasteiger partial charge in [-0.05, 0) is 25.3 Å². The monoisotopic (exact) mass is 270 g/mol. The minimum absolute atomic E-state index is 0.0657. The number of hydrogen-bond acceptors (Lipinski definition) is 3. The lowest BCUT2D eigenvalue weighted by Crippen LogP contribution is -2.27. The average Bonchev–Trinajstić information content (AvgIpc) is 3.12. The third-order valence-electron chi connectivity index (χ3n) is 3.83. The maximum atomic E-state index is 12.3. The minimum atomic E-state index is -0.0657. The molecule has 4 nitrogen and oxygen atoms in total. The molecule has 1 aromatic carbocycles. The Bertz CT molecular complexity index is 619. The van der Waals surface area contributed by atoms with Crippen LogP contribution in [-0.4, -0.2) is 17.1 Å². The number of carbonyl (C=O) groups is 1. The summed E-state index contributed by atoms with van der Waals surface area (Å²) in [7, 11) is 0. The second-order valence-electron chi connectivity index (χ2n) is 5.25. The van der Waals surface area contributed by atoms with Crippen LogP contribution in [-0.2, 0) is 6.42 Å². The smallest absolute Gasteiger partial charge is 0.257 e. The van der Waals surface area contributed by atoms with E-state index in [9.17, 15) is 4.79 Å². The van der Waals surface area contributed by atoms with E-state index in [-0.39, 0.29) is 11.9 Å². The van der Waals surface area contributed by atoms with Gasteiger partial charge in [0.1, 0.15) is 11.3 Å². The second kappa shape index (κ2) is 5.12. The van der Waals surface area contributed by atoms with Crippen LogP contribution in [0.1, 0.15) is 46.6 Å². The van der Waals surface area contributed by atoms with E-state index >= 15 is 0 Å². The summed E-state index contributed by atoms with van der Waals surface area (Å²) in [4.78, 5) is 12.3. The fraction of sp³-hybridized carbons (Fsp3) is 0.375. The van der Waals surface area contributed by atoms with Crippen molar-refractivity contribution in [3.8, 4) is 0 Å². The lowest BCUT2D eigenvalue weighted by molar-refractivity contribution is 0.0948. The number of nitrogens with zero attached hydrogens (tertiary/aromatic N) is 1. The van der Waals surface area contributed by atoms with Crippen LogP contribution in [0.4, 0.5) is 0 Å². The zero-order chi connectivity index (χ0) is 14.1. The van der Waals surface area contributed by atoms with E-state index in [0.717, 1.165) is 12.1 Å². The van der Waals surface area contributed by atoms with Gasteiger partial charge in [-0.1, -0.05) is 42.4 Å². The number of aromatic nitrogens is 1. The first-order chi connectivity index (χ1) is 9.70. The topological polar surface area (TPSA) is 55.1 Å². The van der Waals surface area contributed by atoms with Crippen LogP contribution in [0, 0.1) is 6.92 Å². The van der Waals surface area contributed by atoms with E-state index in [1.165, 1.54) is 5.56 Å². The van der Waals surface area contributed by atoms with Crippen molar-refractivity contribution in [2.75, 3.05) is 0 Å². The van der Waals surface area contributed by atoms with E-state index in [0.29, 0.717) is 23.7 Å². The molecule has 0 radical (unpaired) electrons. The fourth-order valence-electron chi connectivity index (χ4n) is 2.61. The van der Waals surface area contributed by atoms with Gasteiger partial charge >= 0.3 is 0 Å². The molecule has 104 valence electrons. The van der Waals surface area contributed by atoms with Gasteiger partial charge in [0.25, 0.3) is 5.91 Å². The van der Waals surface area contributed by atoms with Crippen LogP contribution in [0.2, 0.25) is 0 Å². The number of aryl methyl sites for hydroxylation is 2. The summed E-state index contributed by atoms with van der Waals surface area (Å²) in [5, 5.41) is 7.01. The summed E-state index contributed by atoms with van der Waals surface area (Å²) in [6.07, 6.45) is 1.70. The summed E-state index contributed by atoms with van der Waals surface area (Å²) in [5.41, 5.74) is 2.62. The fourth-order valence-corrected chi connectivity index (χ4v) is 2.61. The Morgan fingerprint density at radius 2 is 2.15 bits per heavy atom. The average molecular weight is 270 g/mol. The van der Waals surface area contributed by atoms with Crippen LogP contribution in [0.5, 0.6) is 0 Å². The first kappa shape index (κ1) is 12.9. The molecule has 0 bridgehead atoms. The normalized spacial score (nSPS) is 20.7. The molecule has 3 rings (SSSR count). The highest BCUT2D eigenvalue weighted by molar-refractivity contribution is 5.96. The summed E-state index contributed by atoms with van der Waals surface area (Å²) in [5.74, 6) is 0.964. The molecule has 0 aliphatic heterocycles. The largest absolute Gasteiger partial charge is 0.361 e. The van der Waals surface area contributed by atoms with E-state index in [4.69, 9.17) is 4.52 Å². The van der Waals surface area contributed by atoms with Crippen molar-refractivity contribution in [3.05, 3.63) is 52.9 Å². The van der Waals surface area contributed by atoms with E-state index in [1.54, 1.807) is 6.92 Å². The number of rotatable bonds is 4. The lowest BCUT2D eigenvalue weighted by Gasteiger charge is -2.05. The minimum Gasteiger partial charge on any atom is -0.361 e. The summed E-state index contributed by atoms with van der Waals surface area (Å²) in [6, 6.07) is 10.5. The van der Waals surface area contributed by atoms with Gasteiger partial charge in [0, 0.05) is 12.0 Å². The number of benzene rings is 1. The van der Waals surface area contributed by atoms with Crippen molar-refractivity contribution in [2.45, 2.75) is 38.6 Å². The predicted molar refractivity (Wildman–Crippen MR) is 75.7 cm³/mol. The van der Waals surface area contributed by atoms with Crippen molar-refractivity contribution < 1.29 is 9.32 Å². The van der Waals surface area contributed by atoms with E-state index in [2.05, 4.69) is 22.6 Å². The maximum Gasteiger partial charge on any atom is 0.257 e. The van der Waals surface area contributed by atoms with Crippen molar-refractivity contribution in [1.29, 1.82) is 0 Å². The van der Waals surface area contributed by atoms with Gasteiger partial charge in [0.05, 0.1) is 5.69 Å². The second-order valence-corrected chi connectivity index (χ2v) is 5.25. The molecule has 20 heavy (non-hydrogen) atoms. The standard InChI is InChI=1S/C16H18N2O2/c1-3-13-15(10(2)20-18-13)16(19)17-14-9-12(14)11-7-5-4-6-8-11/h4-8,12,14H,3,9H2,1-2H3,(H,17,19)/t12-,14-/m1/s1. The highest BCUT2D eigenvalue weighted by atomic mass is 16.5. The summed E-state index contributed by atoms with van der Waals surface area (Å²) < 4.78 is 5.11. The molecule has 1 aromatic heterocycles. The Labute approximate surface area is 118 Å². The van der Waals surface area contributed by atoms with Gasteiger partial charge in [0.15, 0.2) is 0 Å². The Balaban J connectivity index is 1.68. The van der Waals surface area contributed by atoms with Gasteiger partial charge in [0.2, 0.25) is 0 Å². The first-order valence-corrected chi connectivity index (χ1v) is 7.01. The molecule has 1 N–H and O–H groups in total. The number of nitrogens with one attached hydrogen (secondary N) is 1. The molecule has 1 saturated carbocycles. The zero-order valence-electron chi connectivity index (χ0n) is 11.7. The van der Waals surface area contributed by atoms with Crippen LogP contribution in [0.25, 0.3) is 0 Å². The van der Waals surface area contributed by atoms with Crippen LogP contribution < -0.4 is 5.32 Å². The van der Waals surface area contributed by atoms with Crippen molar-refractivity contribution in [3.63, 3.8) is 0 Å². The summed E-state index contributed by atoms with van der Waals surface area (Å²) in [6.45, 7) is 3.75. The first-order valence-electron chi connectivity index (χ1n) is 7.01. The molecule has 0 unspecified atom stereocenters. The van der Waals surface area contributed by atoms with Crippen LogP contribution >= 0.6 is 0 Å². The number of amides is 1. The quantitative estimate of drug-likeness (QED) is 0.929. The Hall–Kier alpha value is -2.10. The van der Waals surface area contributed by atoms with Crippen LogP contribution in [0.15, 0.2) is 34.9 Å². The van der Waals surface area contributed by atoms with Gasteiger partial charge in [-0.3, -0.25) is 4.79 Å². The molecule has 1 fully saturated rings. The van der Waals surface area contributed by atoms with Gasteiger partial charge in [-0.2, -0.15) is 0 Å². The van der Waals surface area contributed by atoms with Gasteiger partial charge in [-0.25, -0.2) is 0 Å². The van der Waals surface area contributed by atoms with Gasteiger partial charge in [-0.15, -0.1) is 0 Å². The molecule has 2 atom stereocenters. The van der Waals surface area contributed by atoms with Gasteiger partial charge < -0.3 is 9.84 Å². The van der Waals surface area contributed by atoms with Crippen molar-refractivity contribution >= 4 is 5.91 Å². The molecule has 0 saturated heterocycles. The third kappa shape index (κ3) is 2.33. The summed E-state index contributed by atoms with van der Waals surface area (Å²) >= 11 is 0. The third-order valence-corrected chi connectivity index (χ3v) is 3.83. The van der Waals surface area contributed by atoms with Crippen LogP contribution in [0.3, 0.4) is 0 Å². The van der Waals surface area contributed by atoms with Crippen molar-refractivity contribution in [2.24, 2.45) is 0 Å². The highest BCUT2D eigenvalue weighted by Crippen LogP contribution is 2.40.